The van der Waals surface area contributed by atoms with Gasteiger partial charge in [0, 0.05) is 41.2 Å². The van der Waals surface area contributed by atoms with Gasteiger partial charge < -0.3 is 9.32 Å². The Bertz CT molecular complexity index is 1590. The van der Waals surface area contributed by atoms with Gasteiger partial charge in [-0.1, -0.05) is 36.4 Å². The molecular weight excluding hydrogens is 438 g/mol. The molecule has 0 amide bonds. The zero-order chi connectivity index (χ0) is 23.2. The summed E-state index contributed by atoms with van der Waals surface area (Å²) in [4.78, 5) is 7.17. The molecule has 4 nitrogen and oxygen atoms in total. The van der Waals surface area contributed by atoms with Gasteiger partial charge in [0.25, 0.3) is 0 Å². The molecule has 0 aliphatic heterocycles. The average Bonchev–Trinajstić information content (AvgIpc) is 3.49. The van der Waals surface area contributed by atoms with Crippen molar-refractivity contribution in [2.24, 2.45) is 0 Å². The SMILES string of the molecule is CCN(CC)c1ccc2cc(-c3nc(-c4ccc5c(c4)Cc4ccccc4-5)cs3)c(=N)oc2c1. The van der Waals surface area contributed by atoms with E-state index in [1.165, 1.54) is 22.3 Å². The van der Waals surface area contributed by atoms with Gasteiger partial charge in [0.1, 0.15) is 10.6 Å². The van der Waals surface area contributed by atoms with Crippen LogP contribution in [0, 0.1) is 5.41 Å². The van der Waals surface area contributed by atoms with Gasteiger partial charge >= 0.3 is 0 Å². The van der Waals surface area contributed by atoms with Crippen molar-refractivity contribution >= 4 is 28.0 Å². The van der Waals surface area contributed by atoms with Gasteiger partial charge in [-0.15, -0.1) is 11.3 Å². The summed E-state index contributed by atoms with van der Waals surface area (Å²) < 4.78 is 5.94. The molecule has 168 valence electrons. The van der Waals surface area contributed by atoms with Crippen LogP contribution < -0.4 is 10.5 Å². The second-order valence-corrected chi connectivity index (χ2v) is 9.49. The predicted octanol–water partition coefficient (Wildman–Crippen LogP) is 7.12. The van der Waals surface area contributed by atoms with Crippen molar-refractivity contribution in [3.8, 4) is 33.0 Å². The standard InChI is InChI=1S/C29H25N3OS/c1-3-32(4-2)22-11-9-20-15-25(28(30)33-27(20)16-22)29-31-26(17-34-29)19-10-12-24-21(14-19)13-18-7-5-6-8-23(18)24/h5-12,14-17,30H,3-4,13H2,1-2H3. The lowest BCUT2D eigenvalue weighted by molar-refractivity contribution is 0.536. The second kappa shape index (κ2) is 8.26. The Hall–Kier alpha value is -3.70. The van der Waals surface area contributed by atoms with Crippen LogP contribution in [0.1, 0.15) is 25.0 Å². The maximum atomic E-state index is 8.53. The number of hydrogen-bond acceptors (Lipinski definition) is 5. The number of rotatable bonds is 5. The number of nitrogens with one attached hydrogen (secondary N) is 1. The van der Waals surface area contributed by atoms with Gasteiger partial charge in [-0.25, -0.2) is 4.98 Å². The summed E-state index contributed by atoms with van der Waals surface area (Å²) in [6.07, 6.45) is 0.965. The summed E-state index contributed by atoms with van der Waals surface area (Å²) in [5, 5.41) is 12.4. The number of benzene rings is 3. The number of thiazole rings is 1. The molecule has 5 heteroatoms. The highest BCUT2D eigenvalue weighted by atomic mass is 32.1. The normalized spacial score (nSPS) is 12.1. The molecule has 2 aromatic heterocycles. The smallest absolute Gasteiger partial charge is 0.222 e. The van der Waals surface area contributed by atoms with E-state index in [0.29, 0.717) is 0 Å². The van der Waals surface area contributed by atoms with Crippen molar-refractivity contribution in [2.75, 3.05) is 18.0 Å². The topological polar surface area (TPSA) is 53.1 Å². The van der Waals surface area contributed by atoms with E-state index in [1.54, 1.807) is 11.3 Å². The molecule has 0 unspecified atom stereocenters. The minimum atomic E-state index is 0.148. The summed E-state index contributed by atoms with van der Waals surface area (Å²) in [5.74, 6) is 0. The van der Waals surface area contributed by atoms with Gasteiger partial charge in [-0.3, -0.25) is 5.41 Å². The monoisotopic (exact) mass is 463 g/mol. The summed E-state index contributed by atoms with van der Waals surface area (Å²) >= 11 is 1.56. The van der Waals surface area contributed by atoms with Crippen LogP contribution in [0.2, 0.25) is 0 Å². The van der Waals surface area contributed by atoms with Crippen LogP contribution in [0.25, 0.3) is 43.9 Å². The first-order valence-electron chi connectivity index (χ1n) is 11.7. The minimum Gasteiger partial charge on any atom is -0.438 e. The molecule has 0 spiro atoms. The van der Waals surface area contributed by atoms with Gasteiger partial charge in [0.05, 0.1) is 11.3 Å². The highest BCUT2D eigenvalue weighted by Gasteiger charge is 2.19. The van der Waals surface area contributed by atoms with E-state index in [0.717, 1.165) is 58.0 Å². The highest BCUT2D eigenvalue weighted by Crippen LogP contribution is 2.39. The number of fused-ring (bicyclic) bond motifs is 4. The van der Waals surface area contributed by atoms with Crippen molar-refractivity contribution in [3.63, 3.8) is 0 Å². The first-order valence-corrected chi connectivity index (χ1v) is 12.6. The third kappa shape index (κ3) is 3.44. The Morgan fingerprint density at radius 2 is 1.74 bits per heavy atom. The van der Waals surface area contributed by atoms with Crippen LogP contribution in [0.3, 0.4) is 0 Å². The maximum Gasteiger partial charge on any atom is 0.222 e. The molecule has 3 aromatic carbocycles. The molecule has 0 bridgehead atoms. The molecule has 2 heterocycles. The Morgan fingerprint density at radius 1 is 0.912 bits per heavy atom. The first-order chi connectivity index (χ1) is 16.6. The van der Waals surface area contributed by atoms with Crippen LogP contribution in [0.15, 0.2) is 76.5 Å². The number of aromatic nitrogens is 1. The Kier molecular flexibility index (Phi) is 5.07. The Labute approximate surface area is 202 Å². The minimum absolute atomic E-state index is 0.148. The van der Waals surface area contributed by atoms with Crippen molar-refractivity contribution < 1.29 is 4.42 Å². The van der Waals surface area contributed by atoms with E-state index in [1.807, 2.05) is 12.1 Å². The molecule has 34 heavy (non-hydrogen) atoms. The molecule has 6 rings (SSSR count). The lowest BCUT2D eigenvalue weighted by Crippen LogP contribution is -2.21. The molecule has 1 aliphatic rings. The summed E-state index contributed by atoms with van der Waals surface area (Å²) in [6, 6.07) is 23.5. The van der Waals surface area contributed by atoms with Crippen LogP contribution in [-0.4, -0.2) is 18.1 Å². The number of nitrogens with zero attached hydrogens (tertiary/aromatic N) is 2. The van der Waals surface area contributed by atoms with E-state index in [2.05, 4.69) is 78.7 Å². The fraction of sp³-hybridized carbons (Fsp3) is 0.172. The molecule has 0 fully saturated rings. The Morgan fingerprint density at radius 3 is 2.59 bits per heavy atom. The second-order valence-electron chi connectivity index (χ2n) is 8.63. The zero-order valence-electron chi connectivity index (χ0n) is 19.3. The van der Waals surface area contributed by atoms with Crippen LogP contribution >= 0.6 is 11.3 Å². The zero-order valence-corrected chi connectivity index (χ0v) is 20.1. The van der Waals surface area contributed by atoms with E-state index >= 15 is 0 Å². The average molecular weight is 464 g/mol. The summed E-state index contributed by atoms with van der Waals surface area (Å²) in [7, 11) is 0. The predicted molar refractivity (Wildman–Crippen MR) is 140 cm³/mol. The Balaban J connectivity index is 1.34. The molecule has 0 radical (unpaired) electrons. The van der Waals surface area contributed by atoms with E-state index < -0.39 is 0 Å². The number of anilines is 1. The summed E-state index contributed by atoms with van der Waals surface area (Å²) in [5.41, 5.74) is 10.2. The van der Waals surface area contributed by atoms with Crippen molar-refractivity contribution in [1.29, 1.82) is 5.41 Å². The maximum absolute atomic E-state index is 8.53. The van der Waals surface area contributed by atoms with E-state index in [9.17, 15) is 0 Å². The number of hydrogen-bond donors (Lipinski definition) is 1. The van der Waals surface area contributed by atoms with Crippen LogP contribution in [-0.2, 0) is 6.42 Å². The van der Waals surface area contributed by atoms with Gasteiger partial charge in [-0.05, 0) is 66.8 Å². The lowest BCUT2D eigenvalue weighted by atomic mass is 10.0. The van der Waals surface area contributed by atoms with Crippen molar-refractivity contribution in [1.82, 2.24) is 4.98 Å². The van der Waals surface area contributed by atoms with Gasteiger partial charge in [0.15, 0.2) is 0 Å². The molecule has 5 aromatic rings. The fourth-order valence-electron chi connectivity index (χ4n) is 4.90. The first kappa shape index (κ1) is 20.9. The van der Waals surface area contributed by atoms with Crippen LogP contribution in [0.4, 0.5) is 5.69 Å². The molecule has 0 saturated heterocycles. The third-order valence-corrected chi connectivity index (χ3v) is 7.58. The van der Waals surface area contributed by atoms with Gasteiger partial charge in [0.2, 0.25) is 5.55 Å². The van der Waals surface area contributed by atoms with Gasteiger partial charge in [-0.2, -0.15) is 0 Å². The summed E-state index contributed by atoms with van der Waals surface area (Å²) in [6.45, 7) is 6.16. The van der Waals surface area contributed by atoms with E-state index in [-0.39, 0.29) is 5.55 Å². The lowest BCUT2D eigenvalue weighted by Gasteiger charge is -2.21. The van der Waals surface area contributed by atoms with E-state index in [4.69, 9.17) is 14.8 Å². The molecule has 0 atom stereocenters. The quantitative estimate of drug-likeness (QED) is 0.296. The van der Waals surface area contributed by atoms with Crippen LogP contribution in [0.5, 0.6) is 0 Å². The highest BCUT2D eigenvalue weighted by molar-refractivity contribution is 7.13. The molecule has 1 N–H and O–H groups in total. The molecule has 1 aliphatic carbocycles. The third-order valence-electron chi connectivity index (χ3n) is 6.71. The fourth-order valence-corrected chi connectivity index (χ4v) is 5.74. The van der Waals surface area contributed by atoms with Crippen molar-refractivity contribution in [2.45, 2.75) is 20.3 Å². The molecular formula is C29H25N3OS. The van der Waals surface area contributed by atoms with Crippen molar-refractivity contribution in [3.05, 3.63) is 88.8 Å². The molecule has 0 saturated carbocycles. The largest absolute Gasteiger partial charge is 0.438 e.